The number of carboxylic acids is 1. The van der Waals surface area contributed by atoms with Gasteiger partial charge in [-0.3, -0.25) is 10.1 Å². The first-order valence-corrected chi connectivity index (χ1v) is 9.63. The molecule has 0 saturated heterocycles. The number of hydrogen-bond acceptors (Lipinski definition) is 5. The number of halogens is 2. The molecule has 0 aliphatic carbocycles. The number of benzene rings is 2. The molecular weight excluding hydrogens is 443 g/mol. The molecule has 0 radical (unpaired) electrons. The van der Waals surface area contributed by atoms with E-state index in [-0.39, 0.29) is 16.3 Å². The van der Waals surface area contributed by atoms with Crippen molar-refractivity contribution in [3.05, 3.63) is 91.8 Å². The maximum Gasteiger partial charge on any atom is 0.336 e. The average Bonchev–Trinajstić information content (AvgIpc) is 3.20. The summed E-state index contributed by atoms with van der Waals surface area (Å²) in [6.45, 7) is 0. The van der Waals surface area contributed by atoms with Gasteiger partial charge in [-0.05, 0) is 54.6 Å². The number of aromatic carboxylic acids is 1. The lowest BCUT2D eigenvalue weighted by Gasteiger charge is -2.05. The summed E-state index contributed by atoms with van der Waals surface area (Å²) < 4.78 is 5.75. The molecule has 0 bridgehead atoms. The van der Waals surface area contributed by atoms with Gasteiger partial charge in [0.25, 0.3) is 5.69 Å². The summed E-state index contributed by atoms with van der Waals surface area (Å²) >= 11 is 12.1. The Balaban J connectivity index is 1.65. The van der Waals surface area contributed by atoms with Crippen LogP contribution in [-0.2, 0) is 0 Å². The van der Waals surface area contributed by atoms with Gasteiger partial charge in [-0.15, -0.1) is 0 Å². The van der Waals surface area contributed by atoms with Crippen LogP contribution in [0.3, 0.4) is 0 Å². The van der Waals surface area contributed by atoms with E-state index < -0.39 is 10.9 Å². The van der Waals surface area contributed by atoms with Gasteiger partial charge >= 0.3 is 5.97 Å². The van der Waals surface area contributed by atoms with Gasteiger partial charge in [-0.25, -0.2) is 9.78 Å². The van der Waals surface area contributed by atoms with Crippen LogP contribution in [0, 0.1) is 10.1 Å². The number of hydrogen-bond donors (Lipinski definition) is 1. The van der Waals surface area contributed by atoms with Crippen molar-refractivity contribution < 1.29 is 19.2 Å². The van der Waals surface area contributed by atoms with Gasteiger partial charge in [0.15, 0.2) is 0 Å². The van der Waals surface area contributed by atoms with Gasteiger partial charge in [0.2, 0.25) is 0 Å². The van der Waals surface area contributed by atoms with E-state index in [4.69, 9.17) is 27.6 Å². The Labute approximate surface area is 185 Å². The molecule has 0 spiro atoms. The molecule has 2 aromatic heterocycles. The minimum Gasteiger partial charge on any atom is -0.478 e. The van der Waals surface area contributed by atoms with Gasteiger partial charge in [0.05, 0.1) is 26.7 Å². The van der Waals surface area contributed by atoms with Crippen LogP contribution in [-0.4, -0.2) is 21.0 Å². The van der Waals surface area contributed by atoms with E-state index in [1.54, 1.807) is 42.5 Å². The van der Waals surface area contributed by atoms with Crippen molar-refractivity contribution in [1.29, 1.82) is 0 Å². The van der Waals surface area contributed by atoms with Crippen LogP contribution in [0.1, 0.15) is 21.8 Å². The molecule has 154 valence electrons. The molecule has 0 fully saturated rings. The van der Waals surface area contributed by atoms with Gasteiger partial charge in [0.1, 0.15) is 11.5 Å². The number of nitrogens with zero attached hydrogens (tertiary/aromatic N) is 2. The summed E-state index contributed by atoms with van der Waals surface area (Å²) in [6, 6.07) is 13.8. The number of furan rings is 1. The molecule has 4 rings (SSSR count). The molecule has 9 heteroatoms. The summed E-state index contributed by atoms with van der Waals surface area (Å²) in [5.41, 5.74) is 1.42. The van der Waals surface area contributed by atoms with Crippen molar-refractivity contribution in [1.82, 2.24) is 4.98 Å². The molecule has 0 unspecified atom stereocenters. The largest absolute Gasteiger partial charge is 0.478 e. The van der Waals surface area contributed by atoms with Crippen LogP contribution < -0.4 is 0 Å². The van der Waals surface area contributed by atoms with E-state index in [1.165, 1.54) is 24.3 Å². The Morgan fingerprint density at radius 3 is 2.58 bits per heavy atom. The summed E-state index contributed by atoms with van der Waals surface area (Å²) in [4.78, 5) is 26.4. The zero-order valence-electron chi connectivity index (χ0n) is 15.6. The predicted molar refractivity (Wildman–Crippen MR) is 118 cm³/mol. The average molecular weight is 455 g/mol. The zero-order valence-corrected chi connectivity index (χ0v) is 17.1. The first-order chi connectivity index (χ1) is 14.8. The maximum absolute atomic E-state index is 11.6. The molecule has 7 nitrogen and oxygen atoms in total. The smallest absolute Gasteiger partial charge is 0.336 e. The zero-order chi connectivity index (χ0) is 22.1. The molecular formula is C22H12Cl2N2O5. The van der Waals surface area contributed by atoms with Gasteiger partial charge in [0, 0.05) is 28.1 Å². The van der Waals surface area contributed by atoms with Crippen LogP contribution in [0.15, 0.2) is 59.0 Å². The highest BCUT2D eigenvalue weighted by molar-refractivity contribution is 6.33. The highest BCUT2D eigenvalue weighted by Gasteiger charge is 2.14. The first-order valence-electron chi connectivity index (χ1n) is 8.87. The standard InChI is InChI=1S/C22H12Cl2N2O5/c23-12-1-7-20-17(9-12)18(22(27)28)10-13(25-20)2-4-15-5-8-21(31-15)16-6-3-14(26(29)30)11-19(16)24/h1-11H,(H,27,28). The molecule has 1 N–H and O–H groups in total. The molecule has 0 aliphatic heterocycles. The first kappa shape index (κ1) is 20.6. The van der Waals surface area contributed by atoms with Crippen LogP contribution in [0.4, 0.5) is 5.69 Å². The molecule has 2 heterocycles. The topological polar surface area (TPSA) is 106 Å². The van der Waals surface area contributed by atoms with E-state index in [1.807, 2.05) is 0 Å². The fourth-order valence-electron chi connectivity index (χ4n) is 3.05. The Kier molecular flexibility index (Phi) is 5.46. The lowest BCUT2D eigenvalue weighted by molar-refractivity contribution is -0.384. The van der Waals surface area contributed by atoms with Crippen molar-refractivity contribution in [2.45, 2.75) is 0 Å². The Bertz CT molecular complexity index is 1380. The second kappa shape index (κ2) is 8.22. The van der Waals surface area contributed by atoms with Crippen LogP contribution in [0.2, 0.25) is 10.0 Å². The highest BCUT2D eigenvalue weighted by atomic mass is 35.5. The van der Waals surface area contributed by atoms with Crippen molar-refractivity contribution in [2.75, 3.05) is 0 Å². The Hall–Kier alpha value is -3.68. The number of nitro benzene ring substituents is 1. The fourth-order valence-corrected chi connectivity index (χ4v) is 3.49. The van der Waals surface area contributed by atoms with Crippen LogP contribution in [0.25, 0.3) is 34.4 Å². The van der Waals surface area contributed by atoms with Gasteiger partial charge in [-0.1, -0.05) is 23.2 Å². The molecule has 4 aromatic rings. The van der Waals surface area contributed by atoms with Crippen molar-refractivity contribution >= 4 is 57.9 Å². The van der Waals surface area contributed by atoms with E-state index >= 15 is 0 Å². The molecule has 0 atom stereocenters. The minimum absolute atomic E-state index is 0.0879. The number of rotatable bonds is 5. The lowest BCUT2D eigenvalue weighted by atomic mass is 10.1. The molecule has 0 saturated carbocycles. The number of pyridine rings is 1. The van der Waals surface area contributed by atoms with E-state index in [0.29, 0.717) is 38.7 Å². The van der Waals surface area contributed by atoms with Gasteiger partial charge in [-0.2, -0.15) is 0 Å². The Morgan fingerprint density at radius 1 is 1.06 bits per heavy atom. The number of carbonyl (C=O) groups is 1. The predicted octanol–water partition coefficient (Wildman–Crippen LogP) is 6.58. The van der Waals surface area contributed by atoms with Gasteiger partial charge < -0.3 is 9.52 Å². The molecule has 2 aromatic carbocycles. The Morgan fingerprint density at radius 2 is 1.87 bits per heavy atom. The van der Waals surface area contributed by atoms with Crippen molar-refractivity contribution in [2.24, 2.45) is 0 Å². The monoisotopic (exact) mass is 454 g/mol. The molecule has 31 heavy (non-hydrogen) atoms. The summed E-state index contributed by atoms with van der Waals surface area (Å²) in [6.07, 6.45) is 3.26. The second-order valence-corrected chi connectivity index (χ2v) is 7.36. The SMILES string of the molecule is O=C(O)c1cc(C=Cc2ccc(-c3ccc([N+](=O)[O-])cc3Cl)o2)nc2ccc(Cl)cc12. The normalized spacial score (nSPS) is 11.3. The van der Waals surface area contributed by atoms with Crippen LogP contribution in [0.5, 0.6) is 0 Å². The maximum atomic E-state index is 11.6. The van der Waals surface area contributed by atoms with E-state index in [9.17, 15) is 20.0 Å². The summed E-state index contributed by atoms with van der Waals surface area (Å²) in [7, 11) is 0. The van der Waals surface area contributed by atoms with Crippen molar-refractivity contribution in [3.8, 4) is 11.3 Å². The molecule has 0 amide bonds. The quantitative estimate of drug-likeness (QED) is 0.269. The third kappa shape index (κ3) is 4.28. The minimum atomic E-state index is -1.09. The molecule has 0 aliphatic rings. The van der Waals surface area contributed by atoms with Crippen molar-refractivity contribution in [3.63, 3.8) is 0 Å². The third-order valence-electron chi connectivity index (χ3n) is 4.50. The summed E-state index contributed by atoms with van der Waals surface area (Å²) in [5.74, 6) is -0.177. The number of non-ortho nitro benzene ring substituents is 1. The fraction of sp³-hybridized carbons (Fsp3) is 0. The number of aromatic nitrogens is 1. The third-order valence-corrected chi connectivity index (χ3v) is 5.04. The van der Waals surface area contributed by atoms with E-state index in [2.05, 4.69) is 4.98 Å². The number of fused-ring (bicyclic) bond motifs is 1. The summed E-state index contributed by atoms with van der Waals surface area (Å²) in [5, 5.41) is 21.4. The highest BCUT2D eigenvalue weighted by Crippen LogP contribution is 2.32. The van der Waals surface area contributed by atoms with E-state index in [0.717, 1.165) is 0 Å². The second-order valence-electron chi connectivity index (χ2n) is 6.52. The van der Waals surface area contributed by atoms with Crippen LogP contribution >= 0.6 is 23.2 Å². The lowest BCUT2D eigenvalue weighted by Crippen LogP contribution is -2.00. The number of carboxylic acid groups (broad SMARTS) is 1. The number of nitro groups is 1.